The van der Waals surface area contributed by atoms with Crippen LogP contribution in [0.2, 0.25) is 0 Å². The van der Waals surface area contributed by atoms with Gasteiger partial charge in [0.25, 0.3) is 0 Å². The van der Waals surface area contributed by atoms with Gasteiger partial charge in [0.15, 0.2) is 4.73 Å². The Morgan fingerprint density at radius 1 is 1.62 bits per heavy atom. The van der Waals surface area contributed by atoms with Gasteiger partial charge in [-0.1, -0.05) is 13.8 Å². The lowest BCUT2D eigenvalue weighted by atomic mass is 10.2. The predicted octanol–water partition coefficient (Wildman–Crippen LogP) is 2.04. The molecule has 1 aromatic heterocycles. The second-order valence-electron chi connectivity index (χ2n) is 3.02. The van der Waals surface area contributed by atoms with Gasteiger partial charge in [0.05, 0.1) is 5.92 Å². The van der Waals surface area contributed by atoms with Gasteiger partial charge in [0, 0.05) is 0 Å². The fourth-order valence-electron chi connectivity index (χ4n) is 0.728. The van der Waals surface area contributed by atoms with E-state index in [1.54, 1.807) is 20.8 Å². The second kappa shape index (κ2) is 3.91. The highest BCUT2D eigenvalue weighted by molar-refractivity contribution is 9.10. The van der Waals surface area contributed by atoms with E-state index in [0.717, 1.165) is 0 Å². The molecule has 0 aliphatic rings. The lowest BCUT2D eigenvalue weighted by Gasteiger charge is -2.03. The second-order valence-corrected chi connectivity index (χ2v) is 3.77. The Balaban J connectivity index is 2.74. The number of carbonyl (C=O) groups is 1. The van der Waals surface area contributed by atoms with Crippen LogP contribution in [0.3, 0.4) is 0 Å². The van der Waals surface area contributed by atoms with Crippen LogP contribution >= 0.6 is 15.9 Å². The third-order valence-electron chi connectivity index (χ3n) is 1.49. The van der Waals surface area contributed by atoms with Crippen molar-refractivity contribution in [1.29, 1.82) is 0 Å². The number of carbonyl (C=O) groups excluding carboxylic acids is 1. The van der Waals surface area contributed by atoms with Crippen molar-refractivity contribution < 1.29 is 9.53 Å². The van der Waals surface area contributed by atoms with Crippen molar-refractivity contribution in [3.05, 3.63) is 10.4 Å². The van der Waals surface area contributed by atoms with Crippen LogP contribution in [-0.2, 0) is 4.79 Å². The van der Waals surface area contributed by atoms with Gasteiger partial charge in [-0.15, -0.1) is 0 Å². The van der Waals surface area contributed by atoms with Crippen molar-refractivity contribution in [3.8, 4) is 5.88 Å². The SMILES string of the molecule is Cc1nc(Br)[nH]c1OC(=O)C(C)C. The van der Waals surface area contributed by atoms with Crippen LogP contribution in [0.4, 0.5) is 0 Å². The molecular formula is C8H11BrN2O2. The fraction of sp³-hybridized carbons (Fsp3) is 0.500. The first kappa shape index (κ1) is 10.2. The summed E-state index contributed by atoms with van der Waals surface area (Å²) in [5, 5.41) is 0. The van der Waals surface area contributed by atoms with Crippen molar-refractivity contribution in [2.24, 2.45) is 5.92 Å². The topological polar surface area (TPSA) is 55.0 Å². The highest BCUT2D eigenvalue weighted by Gasteiger charge is 2.13. The first-order valence-corrected chi connectivity index (χ1v) is 4.73. The Morgan fingerprint density at radius 3 is 2.62 bits per heavy atom. The molecule has 13 heavy (non-hydrogen) atoms. The summed E-state index contributed by atoms with van der Waals surface area (Å²) in [6, 6.07) is 0. The molecule has 0 spiro atoms. The Kier molecular flexibility index (Phi) is 3.08. The summed E-state index contributed by atoms with van der Waals surface area (Å²) in [5.41, 5.74) is 0.667. The molecule has 0 aromatic carbocycles. The van der Waals surface area contributed by atoms with Crippen molar-refractivity contribution in [1.82, 2.24) is 9.97 Å². The lowest BCUT2D eigenvalue weighted by molar-refractivity contribution is -0.138. The van der Waals surface area contributed by atoms with Crippen LogP contribution in [-0.4, -0.2) is 15.9 Å². The predicted molar refractivity (Wildman–Crippen MR) is 51.5 cm³/mol. The van der Waals surface area contributed by atoms with Crippen molar-refractivity contribution in [2.75, 3.05) is 0 Å². The lowest BCUT2D eigenvalue weighted by Crippen LogP contribution is -2.15. The van der Waals surface area contributed by atoms with E-state index in [-0.39, 0.29) is 11.9 Å². The molecular weight excluding hydrogens is 236 g/mol. The summed E-state index contributed by atoms with van der Waals surface area (Å²) < 4.78 is 5.61. The van der Waals surface area contributed by atoms with E-state index in [1.165, 1.54) is 0 Å². The van der Waals surface area contributed by atoms with E-state index in [0.29, 0.717) is 16.3 Å². The molecule has 0 aliphatic carbocycles. The van der Waals surface area contributed by atoms with Gasteiger partial charge in [-0.3, -0.25) is 4.79 Å². The van der Waals surface area contributed by atoms with Gasteiger partial charge in [-0.05, 0) is 22.9 Å². The molecule has 0 saturated heterocycles. The molecule has 72 valence electrons. The largest absolute Gasteiger partial charge is 0.407 e. The summed E-state index contributed by atoms with van der Waals surface area (Å²) in [4.78, 5) is 18.0. The maximum absolute atomic E-state index is 11.2. The molecule has 1 aromatic rings. The van der Waals surface area contributed by atoms with Crippen LogP contribution in [0.1, 0.15) is 19.5 Å². The quantitative estimate of drug-likeness (QED) is 0.813. The minimum atomic E-state index is -0.265. The minimum absolute atomic E-state index is 0.138. The van der Waals surface area contributed by atoms with E-state index in [9.17, 15) is 4.79 Å². The normalized spacial score (nSPS) is 10.5. The smallest absolute Gasteiger partial charge is 0.315 e. The summed E-state index contributed by atoms with van der Waals surface area (Å²) >= 11 is 3.15. The van der Waals surface area contributed by atoms with Gasteiger partial charge in [-0.2, -0.15) is 0 Å². The fourth-order valence-corrected chi connectivity index (χ4v) is 1.17. The van der Waals surface area contributed by atoms with Crippen LogP contribution in [0.15, 0.2) is 4.73 Å². The standard InChI is InChI=1S/C8H11BrN2O2/c1-4(2)7(12)13-6-5(3)10-8(9)11-6/h4H,1-3H3,(H,10,11). The molecule has 1 heterocycles. The van der Waals surface area contributed by atoms with Gasteiger partial charge in [-0.25, -0.2) is 4.98 Å². The molecule has 0 bridgehead atoms. The Hall–Kier alpha value is -0.840. The molecule has 0 amide bonds. The summed E-state index contributed by atoms with van der Waals surface area (Å²) in [5.74, 6) is 0.00583. The van der Waals surface area contributed by atoms with Crippen molar-refractivity contribution in [3.63, 3.8) is 0 Å². The van der Waals surface area contributed by atoms with E-state index in [1.807, 2.05) is 0 Å². The van der Waals surface area contributed by atoms with Crippen LogP contribution in [0.5, 0.6) is 5.88 Å². The zero-order valence-electron chi connectivity index (χ0n) is 7.72. The average molecular weight is 247 g/mol. The number of hydrogen-bond acceptors (Lipinski definition) is 3. The Morgan fingerprint density at radius 2 is 2.23 bits per heavy atom. The first-order chi connectivity index (χ1) is 6.00. The number of esters is 1. The number of hydrogen-bond donors (Lipinski definition) is 1. The molecule has 5 heteroatoms. The molecule has 0 unspecified atom stereocenters. The summed E-state index contributed by atoms with van der Waals surface area (Å²) in [6.07, 6.45) is 0. The molecule has 1 rings (SSSR count). The molecule has 0 radical (unpaired) electrons. The maximum Gasteiger partial charge on any atom is 0.315 e. The van der Waals surface area contributed by atoms with Gasteiger partial charge < -0.3 is 9.72 Å². The van der Waals surface area contributed by atoms with Gasteiger partial charge in [0.1, 0.15) is 5.69 Å². The third kappa shape index (κ3) is 2.55. The number of imidazole rings is 1. The van der Waals surface area contributed by atoms with E-state index in [4.69, 9.17) is 4.74 Å². The summed E-state index contributed by atoms with van der Waals surface area (Å²) in [6.45, 7) is 5.33. The average Bonchev–Trinajstić information content (AvgIpc) is 2.30. The first-order valence-electron chi connectivity index (χ1n) is 3.94. The molecule has 0 atom stereocenters. The minimum Gasteiger partial charge on any atom is -0.407 e. The zero-order valence-corrected chi connectivity index (χ0v) is 9.31. The number of aromatic nitrogens is 2. The van der Waals surface area contributed by atoms with Gasteiger partial charge in [0.2, 0.25) is 5.88 Å². The Bertz CT molecular complexity index is 320. The number of H-pyrrole nitrogens is 1. The van der Waals surface area contributed by atoms with E-state index < -0.39 is 0 Å². The Labute approximate surface area is 84.8 Å². The number of nitrogens with one attached hydrogen (secondary N) is 1. The van der Waals surface area contributed by atoms with Gasteiger partial charge >= 0.3 is 5.97 Å². The number of aromatic amines is 1. The zero-order chi connectivity index (χ0) is 10.0. The molecule has 1 N–H and O–H groups in total. The van der Waals surface area contributed by atoms with Crippen LogP contribution in [0, 0.1) is 12.8 Å². The molecule has 4 nitrogen and oxygen atoms in total. The van der Waals surface area contributed by atoms with Crippen LogP contribution < -0.4 is 4.74 Å². The molecule has 0 saturated carbocycles. The van der Waals surface area contributed by atoms with E-state index in [2.05, 4.69) is 25.9 Å². The molecule has 0 aliphatic heterocycles. The number of ether oxygens (including phenoxy) is 1. The maximum atomic E-state index is 11.2. The van der Waals surface area contributed by atoms with Crippen molar-refractivity contribution in [2.45, 2.75) is 20.8 Å². The van der Waals surface area contributed by atoms with Crippen molar-refractivity contribution >= 4 is 21.9 Å². The van der Waals surface area contributed by atoms with Crippen LogP contribution in [0.25, 0.3) is 0 Å². The number of halogens is 1. The number of rotatable bonds is 2. The highest BCUT2D eigenvalue weighted by Crippen LogP contribution is 2.18. The third-order valence-corrected chi connectivity index (χ3v) is 1.86. The number of nitrogens with zero attached hydrogens (tertiary/aromatic N) is 1. The summed E-state index contributed by atoms with van der Waals surface area (Å²) in [7, 11) is 0. The van der Waals surface area contributed by atoms with E-state index >= 15 is 0 Å². The monoisotopic (exact) mass is 246 g/mol. The number of aryl methyl sites for hydroxylation is 1. The molecule has 0 fully saturated rings. The highest BCUT2D eigenvalue weighted by atomic mass is 79.9.